The Morgan fingerprint density at radius 1 is 0.931 bits per heavy atom. The number of amides is 1. The molecule has 1 amide bonds. The summed E-state index contributed by atoms with van der Waals surface area (Å²) in [6.07, 6.45) is 1.24. The van der Waals surface area contributed by atoms with Crippen molar-refractivity contribution in [1.29, 1.82) is 0 Å². The molecule has 4 rings (SSSR count). The van der Waals surface area contributed by atoms with E-state index >= 15 is 0 Å². The number of methoxy groups -OCH3 is 1. The van der Waals surface area contributed by atoms with Gasteiger partial charge in [0.2, 0.25) is 0 Å². The lowest BCUT2D eigenvalue weighted by atomic mass is 9.95. The molecule has 3 aromatic carbocycles. The van der Waals surface area contributed by atoms with Gasteiger partial charge in [-0.05, 0) is 41.7 Å². The van der Waals surface area contributed by atoms with Crippen molar-refractivity contribution in [2.75, 3.05) is 13.7 Å². The maximum atomic E-state index is 12.8. The Kier molecular flexibility index (Phi) is 5.80. The minimum atomic E-state index is -0.248. The number of carbonyl (C=O) groups excluding carboxylic acids is 1. The summed E-state index contributed by atoms with van der Waals surface area (Å²) in [7, 11) is 1.67. The summed E-state index contributed by atoms with van der Waals surface area (Å²) in [5.74, 6) is 0.824. The predicted molar refractivity (Wildman–Crippen MR) is 113 cm³/mol. The van der Waals surface area contributed by atoms with Crippen LogP contribution in [0.1, 0.15) is 22.7 Å². The largest absolute Gasteiger partial charge is 0.497 e. The number of rotatable bonds is 7. The van der Waals surface area contributed by atoms with Gasteiger partial charge in [0.25, 0.3) is 0 Å². The lowest BCUT2D eigenvalue weighted by molar-refractivity contribution is 0.143. The molecule has 0 bridgehead atoms. The molecule has 1 saturated heterocycles. The van der Waals surface area contributed by atoms with E-state index < -0.39 is 0 Å². The van der Waals surface area contributed by atoms with Crippen LogP contribution in [0.25, 0.3) is 0 Å². The highest BCUT2D eigenvalue weighted by Gasteiger charge is 2.39. The number of cyclic esters (lactones) is 1. The summed E-state index contributed by atoms with van der Waals surface area (Å²) in [4.78, 5) is 14.7. The first-order valence-electron chi connectivity index (χ1n) is 9.91. The second kappa shape index (κ2) is 8.82. The van der Waals surface area contributed by atoms with Crippen molar-refractivity contribution < 1.29 is 14.3 Å². The van der Waals surface area contributed by atoms with Crippen LogP contribution in [0.2, 0.25) is 0 Å². The number of hydrogen-bond donors (Lipinski definition) is 0. The van der Waals surface area contributed by atoms with E-state index in [9.17, 15) is 4.79 Å². The van der Waals surface area contributed by atoms with Gasteiger partial charge in [-0.3, -0.25) is 4.90 Å². The molecular weight excluding hydrogens is 362 g/mol. The second-order valence-corrected chi connectivity index (χ2v) is 7.31. The zero-order valence-corrected chi connectivity index (χ0v) is 16.5. The first kappa shape index (κ1) is 19.1. The van der Waals surface area contributed by atoms with E-state index in [1.54, 1.807) is 7.11 Å². The van der Waals surface area contributed by atoms with E-state index in [1.165, 1.54) is 5.56 Å². The van der Waals surface area contributed by atoms with Gasteiger partial charge >= 0.3 is 6.09 Å². The number of nitrogens with zero attached hydrogens (tertiary/aromatic N) is 1. The fraction of sp³-hybridized carbons (Fsp3) is 0.240. The summed E-state index contributed by atoms with van der Waals surface area (Å²) >= 11 is 0. The highest BCUT2D eigenvalue weighted by Crippen LogP contribution is 2.32. The number of benzene rings is 3. The smallest absolute Gasteiger partial charge is 0.410 e. The molecule has 29 heavy (non-hydrogen) atoms. The highest BCUT2D eigenvalue weighted by atomic mass is 16.6. The first-order chi connectivity index (χ1) is 14.2. The van der Waals surface area contributed by atoms with Crippen molar-refractivity contribution in [3.8, 4) is 5.75 Å². The molecule has 1 aliphatic rings. The molecule has 1 fully saturated rings. The summed E-state index contributed by atoms with van der Waals surface area (Å²) in [6.45, 7) is 0.381. The van der Waals surface area contributed by atoms with Crippen molar-refractivity contribution in [1.82, 2.24) is 4.90 Å². The van der Waals surface area contributed by atoms with Gasteiger partial charge in [0, 0.05) is 6.04 Å². The third-order valence-electron chi connectivity index (χ3n) is 5.41. The molecule has 2 atom stereocenters. The minimum Gasteiger partial charge on any atom is -0.497 e. The van der Waals surface area contributed by atoms with Crippen LogP contribution in [-0.4, -0.2) is 30.8 Å². The molecule has 1 heterocycles. The monoisotopic (exact) mass is 387 g/mol. The molecule has 0 spiro atoms. The lowest BCUT2D eigenvalue weighted by Gasteiger charge is -2.31. The molecule has 0 aromatic heterocycles. The van der Waals surface area contributed by atoms with E-state index in [0.29, 0.717) is 6.61 Å². The van der Waals surface area contributed by atoms with Crippen LogP contribution in [0.4, 0.5) is 4.79 Å². The highest BCUT2D eigenvalue weighted by molar-refractivity contribution is 5.71. The van der Waals surface area contributed by atoms with E-state index in [0.717, 1.165) is 29.7 Å². The van der Waals surface area contributed by atoms with Gasteiger partial charge < -0.3 is 9.47 Å². The Morgan fingerprint density at radius 2 is 1.59 bits per heavy atom. The first-order valence-corrected chi connectivity index (χ1v) is 9.91. The quantitative estimate of drug-likeness (QED) is 0.570. The Morgan fingerprint density at radius 3 is 2.31 bits per heavy atom. The standard InChI is InChI=1S/C25H25NO3/c1-28-23-14-8-11-20(17-23)16-22(15-19-9-4-2-5-10-19)26-24(18-29-25(26)27)21-12-6-3-7-13-21/h2-14,17,22,24H,15-16,18H2,1H3/t22?,24-/m0/s1. The fourth-order valence-electron chi connectivity index (χ4n) is 3.99. The van der Waals surface area contributed by atoms with Crippen LogP contribution < -0.4 is 4.74 Å². The molecule has 0 N–H and O–H groups in total. The number of carbonyl (C=O) groups is 1. The van der Waals surface area contributed by atoms with Gasteiger partial charge in [-0.2, -0.15) is 0 Å². The van der Waals surface area contributed by atoms with Gasteiger partial charge in [0.1, 0.15) is 12.4 Å². The molecule has 0 radical (unpaired) electrons. The van der Waals surface area contributed by atoms with Crippen molar-refractivity contribution >= 4 is 6.09 Å². The van der Waals surface area contributed by atoms with E-state index in [4.69, 9.17) is 9.47 Å². The van der Waals surface area contributed by atoms with Crippen molar-refractivity contribution in [2.24, 2.45) is 0 Å². The van der Waals surface area contributed by atoms with Crippen LogP contribution in [0.5, 0.6) is 5.75 Å². The number of ether oxygens (including phenoxy) is 2. The van der Waals surface area contributed by atoms with Gasteiger partial charge in [0.05, 0.1) is 13.2 Å². The molecule has 4 nitrogen and oxygen atoms in total. The van der Waals surface area contributed by atoms with Gasteiger partial charge in [-0.15, -0.1) is 0 Å². The van der Waals surface area contributed by atoms with E-state index in [-0.39, 0.29) is 18.2 Å². The Labute approximate surface area is 171 Å². The normalized spacial score (nSPS) is 17.1. The Hall–Kier alpha value is -3.27. The maximum Gasteiger partial charge on any atom is 0.410 e. The maximum absolute atomic E-state index is 12.8. The molecule has 1 aliphatic heterocycles. The predicted octanol–water partition coefficient (Wildman–Crippen LogP) is 5.04. The minimum absolute atomic E-state index is 0.0234. The van der Waals surface area contributed by atoms with Gasteiger partial charge in [0.15, 0.2) is 0 Å². The molecule has 1 unspecified atom stereocenters. The molecular formula is C25H25NO3. The van der Waals surface area contributed by atoms with E-state index in [1.807, 2.05) is 59.5 Å². The van der Waals surface area contributed by atoms with Gasteiger partial charge in [-0.1, -0.05) is 72.8 Å². The molecule has 4 heteroatoms. The summed E-state index contributed by atoms with van der Waals surface area (Å²) in [6, 6.07) is 28.4. The van der Waals surface area contributed by atoms with Crippen LogP contribution in [0, 0.1) is 0 Å². The fourth-order valence-corrected chi connectivity index (χ4v) is 3.99. The zero-order valence-electron chi connectivity index (χ0n) is 16.5. The molecule has 3 aromatic rings. The van der Waals surface area contributed by atoms with E-state index in [2.05, 4.69) is 30.3 Å². The number of hydrogen-bond acceptors (Lipinski definition) is 3. The third-order valence-corrected chi connectivity index (χ3v) is 5.41. The molecule has 0 aliphatic carbocycles. The average molecular weight is 387 g/mol. The second-order valence-electron chi connectivity index (χ2n) is 7.31. The van der Waals surface area contributed by atoms with Crippen molar-refractivity contribution in [3.05, 3.63) is 102 Å². The van der Waals surface area contributed by atoms with Crippen LogP contribution in [0.15, 0.2) is 84.9 Å². The average Bonchev–Trinajstić information content (AvgIpc) is 3.16. The molecule has 0 saturated carbocycles. The van der Waals surface area contributed by atoms with Gasteiger partial charge in [-0.25, -0.2) is 4.79 Å². The van der Waals surface area contributed by atoms with Crippen LogP contribution >= 0.6 is 0 Å². The topological polar surface area (TPSA) is 38.8 Å². The Balaban J connectivity index is 1.67. The lowest BCUT2D eigenvalue weighted by Crippen LogP contribution is -2.41. The third kappa shape index (κ3) is 4.43. The SMILES string of the molecule is COc1cccc(CC(Cc2ccccc2)N2C(=O)OC[C@H]2c2ccccc2)c1. The van der Waals surface area contributed by atoms with Crippen LogP contribution in [0.3, 0.4) is 0 Å². The zero-order chi connectivity index (χ0) is 20.1. The van der Waals surface area contributed by atoms with Crippen LogP contribution in [-0.2, 0) is 17.6 Å². The Bertz CT molecular complexity index is 943. The summed E-state index contributed by atoms with van der Waals surface area (Å²) in [5, 5.41) is 0. The van der Waals surface area contributed by atoms with Crippen molar-refractivity contribution in [2.45, 2.75) is 24.9 Å². The molecule has 148 valence electrons. The summed E-state index contributed by atoms with van der Waals surface area (Å²) < 4.78 is 10.9. The van der Waals surface area contributed by atoms with Crippen molar-refractivity contribution in [3.63, 3.8) is 0 Å². The summed E-state index contributed by atoms with van der Waals surface area (Å²) in [5.41, 5.74) is 3.44.